The molecule has 128 valence electrons. The standard InChI is InChI=1S/C17H26N2O4/c1-11-5-6-18-10-13(11)19-16(20)9-12-7-14(21-2)17(23-4)15(8-12)22-3/h7-8,11,13,18H,5-6,9-10H2,1-4H3,(H,19,20). The highest BCUT2D eigenvalue weighted by molar-refractivity contribution is 5.79. The number of hydrogen-bond acceptors (Lipinski definition) is 5. The average Bonchev–Trinajstić information content (AvgIpc) is 2.55. The molecule has 1 aliphatic rings. The van der Waals surface area contributed by atoms with Crippen molar-refractivity contribution in [2.24, 2.45) is 5.92 Å². The normalized spacial score (nSPS) is 20.7. The van der Waals surface area contributed by atoms with E-state index in [2.05, 4.69) is 17.6 Å². The zero-order valence-electron chi connectivity index (χ0n) is 14.3. The predicted octanol–water partition coefficient (Wildman–Crippen LogP) is 1.37. The lowest BCUT2D eigenvalue weighted by Gasteiger charge is -2.30. The average molecular weight is 322 g/mol. The number of amides is 1. The van der Waals surface area contributed by atoms with Gasteiger partial charge in [0.05, 0.1) is 27.8 Å². The number of piperidine rings is 1. The van der Waals surface area contributed by atoms with Crippen LogP contribution in [-0.2, 0) is 11.2 Å². The highest BCUT2D eigenvalue weighted by atomic mass is 16.5. The van der Waals surface area contributed by atoms with Gasteiger partial charge in [-0.25, -0.2) is 0 Å². The number of methoxy groups -OCH3 is 3. The van der Waals surface area contributed by atoms with Gasteiger partial charge in [-0.2, -0.15) is 0 Å². The van der Waals surface area contributed by atoms with Crippen LogP contribution in [0.4, 0.5) is 0 Å². The minimum Gasteiger partial charge on any atom is -0.493 e. The third-order valence-corrected chi connectivity index (χ3v) is 4.26. The minimum absolute atomic E-state index is 0.000164. The van der Waals surface area contributed by atoms with Gasteiger partial charge < -0.3 is 24.8 Å². The maximum absolute atomic E-state index is 12.3. The molecule has 1 aromatic rings. The van der Waals surface area contributed by atoms with Crippen LogP contribution in [0.15, 0.2) is 12.1 Å². The van der Waals surface area contributed by atoms with E-state index in [0.717, 1.165) is 25.1 Å². The minimum atomic E-state index is -0.000164. The number of carbonyl (C=O) groups is 1. The molecule has 2 N–H and O–H groups in total. The maximum atomic E-state index is 12.3. The molecular formula is C17H26N2O4. The molecule has 6 heteroatoms. The molecule has 2 unspecified atom stereocenters. The quantitative estimate of drug-likeness (QED) is 0.828. The van der Waals surface area contributed by atoms with E-state index in [1.807, 2.05) is 12.1 Å². The van der Waals surface area contributed by atoms with Crippen LogP contribution in [0.2, 0.25) is 0 Å². The van der Waals surface area contributed by atoms with Crippen LogP contribution < -0.4 is 24.8 Å². The maximum Gasteiger partial charge on any atom is 0.224 e. The van der Waals surface area contributed by atoms with Gasteiger partial charge in [-0.05, 0) is 36.6 Å². The third-order valence-electron chi connectivity index (χ3n) is 4.26. The molecule has 2 rings (SSSR count). The van der Waals surface area contributed by atoms with E-state index < -0.39 is 0 Å². The Morgan fingerprint density at radius 1 is 1.22 bits per heavy atom. The van der Waals surface area contributed by atoms with Crippen molar-refractivity contribution in [3.05, 3.63) is 17.7 Å². The fourth-order valence-corrected chi connectivity index (χ4v) is 2.86. The summed E-state index contributed by atoms with van der Waals surface area (Å²) in [5, 5.41) is 6.42. The summed E-state index contributed by atoms with van der Waals surface area (Å²) in [6.07, 6.45) is 1.36. The Morgan fingerprint density at radius 3 is 2.39 bits per heavy atom. The van der Waals surface area contributed by atoms with Crippen LogP contribution in [0, 0.1) is 5.92 Å². The molecule has 0 aromatic heterocycles. The number of benzene rings is 1. The van der Waals surface area contributed by atoms with Gasteiger partial charge in [-0.15, -0.1) is 0 Å². The summed E-state index contributed by atoms with van der Waals surface area (Å²) in [5.41, 5.74) is 0.827. The van der Waals surface area contributed by atoms with E-state index in [-0.39, 0.29) is 18.4 Å². The summed E-state index contributed by atoms with van der Waals surface area (Å²) >= 11 is 0. The Kier molecular flexibility index (Phi) is 6.10. The van der Waals surface area contributed by atoms with Crippen LogP contribution in [0.1, 0.15) is 18.9 Å². The highest BCUT2D eigenvalue weighted by Gasteiger charge is 2.23. The van der Waals surface area contributed by atoms with Crippen LogP contribution >= 0.6 is 0 Å². The zero-order chi connectivity index (χ0) is 16.8. The van der Waals surface area contributed by atoms with Crippen molar-refractivity contribution >= 4 is 5.91 Å². The van der Waals surface area contributed by atoms with Gasteiger partial charge >= 0.3 is 0 Å². The molecule has 0 saturated carbocycles. The first-order valence-electron chi connectivity index (χ1n) is 7.88. The van der Waals surface area contributed by atoms with Gasteiger partial charge in [-0.3, -0.25) is 4.79 Å². The van der Waals surface area contributed by atoms with Crippen molar-refractivity contribution in [1.82, 2.24) is 10.6 Å². The second-order valence-corrected chi connectivity index (χ2v) is 5.85. The van der Waals surface area contributed by atoms with Gasteiger partial charge in [0.1, 0.15) is 0 Å². The molecule has 6 nitrogen and oxygen atoms in total. The fraction of sp³-hybridized carbons (Fsp3) is 0.588. The number of nitrogens with one attached hydrogen (secondary N) is 2. The number of ether oxygens (including phenoxy) is 3. The lowest BCUT2D eigenvalue weighted by Crippen LogP contribution is -2.50. The molecule has 0 aliphatic carbocycles. The van der Waals surface area contributed by atoms with Crippen LogP contribution in [0.25, 0.3) is 0 Å². The lowest BCUT2D eigenvalue weighted by molar-refractivity contribution is -0.121. The summed E-state index contributed by atoms with van der Waals surface area (Å²) in [4.78, 5) is 12.3. The van der Waals surface area contributed by atoms with Gasteiger partial charge in [-0.1, -0.05) is 6.92 Å². The van der Waals surface area contributed by atoms with Crippen LogP contribution in [0.3, 0.4) is 0 Å². The third kappa shape index (κ3) is 4.28. The van der Waals surface area contributed by atoms with Gasteiger partial charge in [0.25, 0.3) is 0 Å². The summed E-state index contributed by atoms with van der Waals surface area (Å²) in [7, 11) is 4.69. The molecule has 1 fully saturated rings. The molecule has 2 atom stereocenters. The molecule has 0 spiro atoms. The monoisotopic (exact) mass is 322 g/mol. The number of carbonyl (C=O) groups excluding carboxylic acids is 1. The number of hydrogen-bond donors (Lipinski definition) is 2. The van der Waals surface area contributed by atoms with Crippen molar-refractivity contribution in [2.45, 2.75) is 25.8 Å². The molecule has 0 bridgehead atoms. The summed E-state index contributed by atoms with van der Waals surface area (Å²) in [6.45, 7) is 4.01. The van der Waals surface area contributed by atoms with Gasteiger partial charge in [0.2, 0.25) is 11.7 Å². The Bertz CT molecular complexity index is 522. The summed E-state index contributed by atoms with van der Waals surface area (Å²) < 4.78 is 15.9. The predicted molar refractivity (Wildman–Crippen MR) is 88.4 cm³/mol. The smallest absolute Gasteiger partial charge is 0.224 e. The molecule has 1 saturated heterocycles. The topological polar surface area (TPSA) is 68.8 Å². The Hall–Kier alpha value is -1.95. The van der Waals surface area contributed by atoms with Gasteiger partial charge in [0.15, 0.2) is 11.5 Å². The molecule has 1 aliphatic heterocycles. The van der Waals surface area contributed by atoms with Crippen molar-refractivity contribution < 1.29 is 19.0 Å². The zero-order valence-corrected chi connectivity index (χ0v) is 14.3. The fourth-order valence-electron chi connectivity index (χ4n) is 2.86. The Labute approximate surface area is 137 Å². The van der Waals surface area contributed by atoms with E-state index in [0.29, 0.717) is 23.2 Å². The first-order valence-corrected chi connectivity index (χ1v) is 7.88. The summed E-state index contributed by atoms with van der Waals surface area (Å²) in [6, 6.07) is 3.80. The van der Waals surface area contributed by atoms with Crippen LogP contribution in [-0.4, -0.2) is 46.4 Å². The first kappa shape index (κ1) is 17.4. The van der Waals surface area contributed by atoms with E-state index in [1.165, 1.54) is 0 Å². The Morgan fingerprint density at radius 2 is 1.87 bits per heavy atom. The molecule has 1 heterocycles. The first-order chi connectivity index (χ1) is 11.1. The van der Waals surface area contributed by atoms with Crippen molar-refractivity contribution in [1.29, 1.82) is 0 Å². The molecule has 23 heavy (non-hydrogen) atoms. The number of rotatable bonds is 6. The van der Waals surface area contributed by atoms with Crippen LogP contribution in [0.5, 0.6) is 17.2 Å². The summed E-state index contributed by atoms with van der Waals surface area (Å²) in [5.74, 6) is 2.13. The largest absolute Gasteiger partial charge is 0.493 e. The second-order valence-electron chi connectivity index (χ2n) is 5.85. The highest BCUT2D eigenvalue weighted by Crippen LogP contribution is 2.38. The van der Waals surface area contributed by atoms with Crippen molar-refractivity contribution in [3.63, 3.8) is 0 Å². The SMILES string of the molecule is COc1cc(CC(=O)NC2CNCCC2C)cc(OC)c1OC. The molecule has 1 amide bonds. The van der Waals surface area contributed by atoms with Crippen molar-refractivity contribution in [2.75, 3.05) is 34.4 Å². The van der Waals surface area contributed by atoms with E-state index in [4.69, 9.17) is 14.2 Å². The van der Waals surface area contributed by atoms with Crippen molar-refractivity contribution in [3.8, 4) is 17.2 Å². The molecule has 0 radical (unpaired) electrons. The Balaban J connectivity index is 2.08. The molecule has 1 aromatic carbocycles. The van der Waals surface area contributed by atoms with E-state index in [9.17, 15) is 4.79 Å². The van der Waals surface area contributed by atoms with E-state index in [1.54, 1.807) is 21.3 Å². The second kappa shape index (κ2) is 8.06. The molecular weight excluding hydrogens is 296 g/mol. The van der Waals surface area contributed by atoms with E-state index >= 15 is 0 Å². The van der Waals surface area contributed by atoms with Gasteiger partial charge in [0, 0.05) is 12.6 Å². The lowest BCUT2D eigenvalue weighted by atomic mass is 9.94.